The summed E-state index contributed by atoms with van der Waals surface area (Å²) in [5, 5.41) is 14.8. The molecular formula is C33H49F3N2O7. The minimum atomic E-state index is -5.15. The predicted molar refractivity (Wildman–Crippen MR) is 162 cm³/mol. The third-order valence-electron chi connectivity index (χ3n) is 7.51. The highest BCUT2D eigenvalue weighted by Crippen LogP contribution is 2.44. The molecule has 3 N–H and O–H groups in total. The first-order valence-corrected chi connectivity index (χ1v) is 15.3. The molecule has 0 radical (unpaired) electrons. The molecule has 0 saturated heterocycles. The van der Waals surface area contributed by atoms with Gasteiger partial charge >= 0.3 is 24.0 Å². The van der Waals surface area contributed by atoms with Crippen LogP contribution in [0.25, 0.3) is 0 Å². The Balaban J connectivity index is 2.47. The fourth-order valence-corrected chi connectivity index (χ4v) is 5.53. The molecule has 1 saturated carbocycles. The van der Waals surface area contributed by atoms with Crippen LogP contribution in [0.4, 0.5) is 13.2 Å². The summed E-state index contributed by atoms with van der Waals surface area (Å²) in [4.78, 5) is 52.4. The van der Waals surface area contributed by atoms with E-state index in [1.807, 2.05) is 20.8 Å². The van der Waals surface area contributed by atoms with Gasteiger partial charge in [0, 0.05) is 13.0 Å². The maximum Gasteiger partial charge on any atom is 0.471 e. The van der Waals surface area contributed by atoms with Crippen LogP contribution in [0.2, 0.25) is 0 Å². The first-order chi connectivity index (χ1) is 20.3. The van der Waals surface area contributed by atoms with Crippen molar-refractivity contribution in [2.45, 2.75) is 130 Å². The fraction of sp³-hybridized carbons (Fsp3) is 0.697. The van der Waals surface area contributed by atoms with Gasteiger partial charge in [0.05, 0.1) is 11.3 Å². The molecule has 0 aromatic heterocycles. The van der Waals surface area contributed by atoms with Crippen LogP contribution in [-0.4, -0.2) is 58.8 Å². The highest BCUT2D eigenvalue weighted by atomic mass is 19.4. The van der Waals surface area contributed by atoms with Crippen molar-refractivity contribution >= 4 is 23.8 Å². The van der Waals surface area contributed by atoms with Gasteiger partial charge in [-0.3, -0.25) is 14.4 Å². The van der Waals surface area contributed by atoms with Crippen LogP contribution in [-0.2, 0) is 40.5 Å². The van der Waals surface area contributed by atoms with E-state index in [-0.39, 0.29) is 18.6 Å². The number of amides is 2. The number of carbonyl (C=O) groups excluding carboxylic acids is 4. The minimum Gasteiger partial charge on any atom is -0.508 e. The van der Waals surface area contributed by atoms with Crippen molar-refractivity contribution in [2.24, 2.45) is 11.3 Å². The van der Waals surface area contributed by atoms with E-state index in [1.165, 1.54) is 6.07 Å². The Bertz CT molecular complexity index is 1230. The van der Waals surface area contributed by atoms with Gasteiger partial charge in [-0.1, -0.05) is 39.7 Å². The van der Waals surface area contributed by atoms with Gasteiger partial charge < -0.3 is 25.2 Å². The van der Waals surface area contributed by atoms with Crippen molar-refractivity contribution in [1.82, 2.24) is 10.6 Å². The molecule has 0 aliphatic heterocycles. The Morgan fingerprint density at radius 1 is 0.889 bits per heavy atom. The second-order valence-corrected chi connectivity index (χ2v) is 15.0. The number of ether oxygens (including phenoxy) is 2. The number of aromatic hydroxyl groups is 1. The molecule has 12 heteroatoms. The van der Waals surface area contributed by atoms with Crippen LogP contribution in [0, 0.1) is 11.3 Å². The number of phenols is 1. The van der Waals surface area contributed by atoms with Crippen molar-refractivity contribution in [3.8, 4) is 5.75 Å². The average molecular weight is 643 g/mol. The van der Waals surface area contributed by atoms with Gasteiger partial charge in [-0.25, -0.2) is 4.79 Å². The Hall–Kier alpha value is -3.31. The fourth-order valence-electron chi connectivity index (χ4n) is 5.53. The molecule has 1 aromatic rings. The lowest BCUT2D eigenvalue weighted by Gasteiger charge is -2.34. The largest absolute Gasteiger partial charge is 0.508 e. The van der Waals surface area contributed by atoms with Crippen LogP contribution in [0.5, 0.6) is 5.75 Å². The monoisotopic (exact) mass is 642 g/mol. The Morgan fingerprint density at radius 3 is 1.91 bits per heavy atom. The summed E-state index contributed by atoms with van der Waals surface area (Å²) in [5.74, 6) is -5.47. The topological polar surface area (TPSA) is 131 Å². The molecule has 0 spiro atoms. The Morgan fingerprint density at radius 2 is 1.42 bits per heavy atom. The molecule has 1 aliphatic rings. The standard InChI is InChI=1S/C33H49F3N2O7/c1-29(2,3)23-17-22(39)13-12-20(23)16-24(26(41)45-31(7,8)9)38-27(42)32(14-10-11-15-32)18-21(25(40)44-30(4,5)6)19-37-28(43)33(34,35)36/h12-13,17,21,24,39H,10-11,14-16,18-19H2,1-9H3,(H,37,43)(H,38,42)/t21?,24-/m0/s1. The molecule has 2 rings (SSSR count). The molecule has 1 unspecified atom stereocenters. The number of alkyl halides is 3. The molecule has 2 amide bonds. The number of carbonyl (C=O) groups is 4. The van der Waals surface area contributed by atoms with E-state index < -0.39 is 70.5 Å². The van der Waals surface area contributed by atoms with Gasteiger partial charge in [-0.15, -0.1) is 0 Å². The lowest BCUT2D eigenvalue weighted by molar-refractivity contribution is -0.174. The third-order valence-corrected chi connectivity index (χ3v) is 7.51. The van der Waals surface area contributed by atoms with E-state index >= 15 is 0 Å². The summed E-state index contributed by atoms with van der Waals surface area (Å²) >= 11 is 0. The van der Waals surface area contributed by atoms with Crippen LogP contribution in [0.1, 0.15) is 106 Å². The second-order valence-electron chi connectivity index (χ2n) is 15.0. The number of hydrogen-bond donors (Lipinski definition) is 3. The molecule has 0 bridgehead atoms. The highest BCUT2D eigenvalue weighted by molar-refractivity contribution is 5.89. The van der Waals surface area contributed by atoms with Gasteiger partial charge in [0.1, 0.15) is 23.0 Å². The SMILES string of the molecule is CC(C)(C)OC(=O)C(CNC(=O)C(F)(F)F)CC1(C(=O)N[C@@H](Cc2ccc(O)cc2C(C)(C)C)C(=O)OC(C)(C)C)CCCC1. The van der Waals surface area contributed by atoms with E-state index in [9.17, 15) is 37.5 Å². The molecule has 9 nitrogen and oxygen atoms in total. The number of phenolic OH excluding ortho intramolecular Hbond substituents is 1. The number of nitrogens with one attached hydrogen (secondary N) is 2. The third kappa shape index (κ3) is 11.5. The average Bonchev–Trinajstić information content (AvgIpc) is 3.33. The summed E-state index contributed by atoms with van der Waals surface area (Å²) in [6.07, 6.45) is -3.43. The smallest absolute Gasteiger partial charge is 0.471 e. The van der Waals surface area contributed by atoms with Crippen molar-refractivity contribution in [3.63, 3.8) is 0 Å². The van der Waals surface area contributed by atoms with E-state index in [0.29, 0.717) is 31.2 Å². The summed E-state index contributed by atoms with van der Waals surface area (Å²) in [6.45, 7) is 15.1. The Labute approximate surface area is 264 Å². The first kappa shape index (κ1) is 37.9. The Kier molecular flexibility index (Phi) is 11.8. The molecule has 2 atom stereocenters. The van der Waals surface area contributed by atoms with Gasteiger partial charge in [-0.05, 0) is 89.5 Å². The molecule has 1 aromatic carbocycles. The van der Waals surface area contributed by atoms with Crippen molar-refractivity contribution in [2.75, 3.05) is 6.54 Å². The minimum absolute atomic E-state index is 0.0424. The maximum atomic E-state index is 14.1. The van der Waals surface area contributed by atoms with Crippen molar-refractivity contribution in [1.29, 1.82) is 0 Å². The predicted octanol–water partition coefficient (Wildman–Crippen LogP) is 5.65. The van der Waals surface area contributed by atoms with Gasteiger partial charge in [0.15, 0.2) is 0 Å². The quantitative estimate of drug-likeness (QED) is 0.282. The lowest BCUT2D eigenvalue weighted by Crippen LogP contribution is -2.52. The van der Waals surface area contributed by atoms with Crippen LogP contribution >= 0.6 is 0 Å². The van der Waals surface area contributed by atoms with E-state index in [1.54, 1.807) is 59.0 Å². The molecule has 254 valence electrons. The number of hydrogen-bond acceptors (Lipinski definition) is 7. The van der Waals surface area contributed by atoms with E-state index in [4.69, 9.17) is 9.47 Å². The summed E-state index contributed by atoms with van der Waals surface area (Å²) < 4.78 is 50.0. The maximum absolute atomic E-state index is 14.1. The highest BCUT2D eigenvalue weighted by Gasteiger charge is 2.47. The second kappa shape index (κ2) is 14.0. The number of halogens is 3. The molecule has 0 heterocycles. The molecule has 45 heavy (non-hydrogen) atoms. The van der Waals surface area contributed by atoms with Crippen molar-refractivity contribution in [3.05, 3.63) is 29.3 Å². The van der Waals surface area contributed by atoms with E-state index in [0.717, 1.165) is 5.56 Å². The number of esters is 2. The first-order valence-electron chi connectivity index (χ1n) is 15.3. The van der Waals surface area contributed by atoms with Gasteiger partial charge in [-0.2, -0.15) is 13.2 Å². The zero-order valence-corrected chi connectivity index (χ0v) is 27.9. The molecule has 1 aliphatic carbocycles. The summed E-state index contributed by atoms with van der Waals surface area (Å²) in [7, 11) is 0. The normalized spacial score (nSPS) is 16.8. The number of rotatable bonds is 10. The van der Waals surface area contributed by atoms with Crippen LogP contribution < -0.4 is 10.6 Å². The zero-order chi connectivity index (χ0) is 34.6. The van der Waals surface area contributed by atoms with Crippen LogP contribution in [0.15, 0.2) is 18.2 Å². The van der Waals surface area contributed by atoms with Crippen LogP contribution in [0.3, 0.4) is 0 Å². The summed E-state index contributed by atoms with van der Waals surface area (Å²) in [6, 6.07) is 3.65. The van der Waals surface area contributed by atoms with Crippen molar-refractivity contribution < 1.29 is 46.9 Å². The summed E-state index contributed by atoms with van der Waals surface area (Å²) in [5.41, 5.74) is -1.99. The number of benzene rings is 1. The zero-order valence-electron chi connectivity index (χ0n) is 27.9. The lowest BCUT2D eigenvalue weighted by atomic mass is 9.76. The van der Waals surface area contributed by atoms with Gasteiger partial charge in [0.25, 0.3) is 0 Å². The molecular weight excluding hydrogens is 593 g/mol. The van der Waals surface area contributed by atoms with E-state index in [2.05, 4.69) is 5.32 Å². The molecule has 1 fully saturated rings. The van der Waals surface area contributed by atoms with Gasteiger partial charge in [0.2, 0.25) is 5.91 Å².